The van der Waals surface area contributed by atoms with Gasteiger partial charge in [0.25, 0.3) is 0 Å². The van der Waals surface area contributed by atoms with E-state index in [0.717, 1.165) is 0 Å². The minimum Gasteiger partial charge on any atom is -0.497 e. The monoisotopic (exact) mass is 515 g/mol. The van der Waals surface area contributed by atoms with Crippen LogP contribution in [-0.2, 0) is 9.59 Å². The molecule has 0 saturated heterocycles. The zero-order valence-corrected chi connectivity index (χ0v) is 20.0. The summed E-state index contributed by atoms with van der Waals surface area (Å²) in [7, 11) is 2.92. The van der Waals surface area contributed by atoms with Gasteiger partial charge in [0.15, 0.2) is 11.5 Å². The van der Waals surface area contributed by atoms with Crippen molar-refractivity contribution in [2.45, 2.75) is 0 Å². The number of benzene rings is 3. The maximum atomic E-state index is 12.4. The van der Waals surface area contributed by atoms with E-state index in [2.05, 4.69) is 15.8 Å². The molecule has 2 amide bonds. The Hall–Kier alpha value is -4.08. The van der Waals surface area contributed by atoms with Crippen molar-refractivity contribution < 1.29 is 28.6 Å². The van der Waals surface area contributed by atoms with Crippen LogP contribution < -0.4 is 25.0 Å². The van der Waals surface area contributed by atoms with Crippen molar-refractivity contribution in [1.29, 1.82) is 0 Å². The fourth-order valence-corrected chi connectivity index (χ4v) is 3.01. The van der Waals surface area contributed by atoms with Crippen LogP contribution in [0.1, 0.15) is 15.9 Å². The van der Waals surface area contributed by atoms with E-state index in [1.165, 1.54) is 50.8 Å². The van der Waals surface area contributed by atoms with Crippen LogP contribution in [-0.4, -0.2) is 38.2 Å². The van der Waals surface area contributed by atoms with Crippen molar-refractivity contribution in [1.82, 2.24) is 5.43 Å². The Balaban J connectivity index is 1.60. The van der Waals surface area contributed by atoms with Gasteiger partial charge in [-0.05, 0) is 66.2 Å². The molecule has 0 unspecified atom stereocenters. The van der Waals surface area contributed by atoms with E-state index in [1.807, 2.05) is 0 Å². The molecule has 0 fully saturated rings. The van der Waals surface area contributed by atoms with Crippen molar-refractivity contribution in [3.8, 4) is 17.2 Å². The number of rotatable bonds is 7. The summed E-state index contributed by atoms with van der Waals surface area (Å²) >= 11 is 11.8. The molecule has 0 aliphatic rings. The second kappa shape index (κ2) is 11.9. The van der Waals surface area contributed by atoms with Gasteiger partial charge >= 0.3 is 17.8 Å². The third-order valence-corrected chi connectivity index (χ3v) is 5.22. The molecule has 180 valence electrons. The van der Waals surface area contributed by atoms with E-state index in [4.69, 9.17) is 37.4 Å². The molecule has 0 heterocycles. The molecule has 0 aliphatic carbocycles. The summed E-state index contributed by atoms with van der Waals surface area (Å²) in [6, 6.07) is 15.4. The number of anilines is 1. The standard InChI is InChI=1S/C24H19Cl2N3O6/c1-33-17-7-5-16(6-8-17)28-22(30)23(31)29-27-13-14-3-10-20(21(11-14)34-2)35-24(32)15-4-9-18(25)19(26)12-15/h3-13H,1-2H3,(H,28,30)(H,29,31)/b27-13-. The molecule has 0 spiro atoms. The number of nitrogens with one attached hydrogen (secondary N) is 2. The molecular weight excluding hydrogens is 497 g/mol. The number of amides is 2. The summed E-state index contributed by atoms with van der Waals surface area (Å²) in [4.78, 5) is 36.4. The van der Waals surface area contributed by atoms with E-state index in [0.29, 0.717) is 22.0 Å². The second-order valence-electron chi connectivity index (χ2n) is 6.81. The fraction of sp³-hybridized carbons (Fsp3) is 0.0833. The van der Waals surface area contributed by atoms with Gasteiger partial charge in [-0.25, -0.2) is 10.2 Å². The lowest BCUT2D eigenvalue weighted by Gasteiger charge is -2.10. The van der Waals surface area contributed by atoms with Gasteiger partial charge in [0.2, 0.25) is 0 Å². The molecule has 0 bridgehead atoms. The molecule has 11 heteroatoms. The number of hydrogen-bond acceptors (Lipinski definition) is 7. The minimum absolute atomic E-state index is 0.156. The number of esters is 1. The maximum Gasteiger partial charge on any atom is 0.343 e. The normalized spacial score (nSPS) is 10.5. The van der Waals surface area contributed by atoms with Crippen LogP contribution in [0.25, 0.3) is 0 Å². The lowest BCUT2D eigenvalue weighted by molar-refractivity contribution is -0.136. The van der Waals surface area contributed by atoms with Crippen molar-refractivity contribution in [2.24, 2.45) is 5.10 Å². The fourth-order valence-electron chi connectivity index (χ4n) is 2.71. The largest absolute Gasteiger partial charge is 0.497 e. The molecule has 0 atom stereocenters. The summed E-state index contributed by atoms with van der Waals surface area (Å²) in [5, 5.41) is 6.74. The first-order valence-electron chi connectivity index (χ1n) is 9.94. The van der Waals surface area contributed by atoms with Gasteiger partial charge in [0, 0.05) is 5.69 Å². The van der Waals surface area contributed by atoms with Crippen molar-refractivity contribution in [3.05, 3.63) is 81.8 Å². The quantitative estimate of drug-likeness (QED) is 0.159. The number of ether oxygens (including phenoxy) is 3. The van der Waals surface area contributed by atoms with E-state index in [-0.39, 0.29) is 22.1 Å². The van der Waals surface area contributed by atoms with Crippen LogP contribution in [0.5, 0.6) is 17.2 Å². The number of nitrogens with zero attached hydrogens (tertiary/aromatic N) is 1. The summed E-state index contributed by atoms with van der Waals surface area (Å²) in [6.45, 7) is 0. The summed E-state index contributed by atoms with van der Waals surface area (Å²) in [5.74, 6) is -1.50. The van der Waals surface area contributed by atoms with Gasteiger partial charge in [0.05, 0.1) is 36.0 Å². The first-order valence-corrected chi connectivity index (χ1v) is 10.7. The van der Waals surface area contributed by atoms with Crippen LogP contribution in [0, 0.1) is 0 Å². The number of methoxy groups -OCH3 is 2. The molecule has 0 aromatic heterocycles. The lowest BCUT2D eigenvalue weighted by Crippen LogP contribution is -2.32. The molecule has 2 N–H and O–H groups in total. The average molecular weight is 516 g/mol. The van der Waals surface area contributed by atoms with E-state index >= 15 is 0 Å². The van der Waals surface area contributed by atoms with Gasteiger partial charge in [-0.3, -0.25) is 9.59 Å². The average Bonchev–Trinajstić information content (AvgIpc) is 2.86. The highest BCUT2D eigenvalue weighted by Gasteiger charge is 2.15. The molecule has 0 aliphatic heterocycles. The van der Waals surface area contributed by atoms with E-state index < -0.39 is 17.8 Å². The molecule has 3 aromatic rings. The number of hydrazone groups is 1. The first-order chi connectivity index (χ1) is 16.8. The third kappa shape index (κ3) is 6.95. The predicted octanol–water partition coefficient (Wildman–Crippen LogP) is 4.32. The molecule has 3 rings (SSSR count). The van der Waals surface area contributed by atoms with Gasteiger partial charge in [-0.1, -0.05) is 23.2 Å². The smallest absolute Gasteiger partial charge is 0.343 e. The van der Waals surface area contributed by atoms with Gasteiger partial charge < -0.3 is 19.5 Å². The van der Waals surface area contributed by atoms with Gasteiger partial charge in [0.1, 0.15) is 5.75 Å². The van der Waals surface area contributed by atoms with E-state index in [9.17, 15) is 14.4 Å². The lowest BCUT2D eigenvalue weighted by atomic mass is 10.2. The molecule has 9 nitrogen and oxygen atoms in total. The highest BCUT2D eigenvalue weighted by molar-refractivity contribution is 6.42. The first kappa shape index (κ1) is 25.5. The zero-order chi connectivity index (χ0) is 25.4. The van der Waals surface area contributed by atoms with Crippen molar-refractivity contribution >= 4 is 52.9 Å². The number of carbonyl (C=O) groups is 3. The molecule has 35 heavy (non-hydrogen) atoms. The van der Waals surface area contributed by atoms with Crippen LogP contribution in [0.15, 0.2) is 65.8 Å². The Labute approximate surface area is 210 Å². The maximum absolute atomic E-state index is 12.4. The highest BCUT2D eigenvalue weighted by atomic mass is 35.5. The highest BCUT2D eigenvalue weighted by Crippen LogP contribution is 2.29. The predicted molar refractivity (Wildman–Crippen MR) is 132 cm³/mol. The second-order valence-corrected chi connectivity index (χ2v) is 7.62. The molecular formula is C24H19Cl2N3O6. The number of hydrogen-bond donors (Lipinski definition) is 2. The van der Waals surface area contributed by atoms with Gasteiger partial charge in [-0.2, -0.15) is 5.10 Å². The Morgan fingerprint density at radius 3 is 2.23 bits per heavy atom. The summed E-state index contributed by atoms with van der Waals surface area (Å²) in [6.07, 6.45) is 1.30. The van der Waals surface area contributed by atoms with Crippen LogP contribution >= 0.6 is 23.2 Å². The Kier molecular flexibility index (Phi) is 8.66. The topological polar surface area (TPSA) is 115 Å². The Bertz CT molecular complexity index is 1280. The van der Waals surface area contributed by atoms with Crippen molar-refractivity contribution in [3.63, 3.8) is 0 Å². The van der Waals surface area contributed by atoms with Gasteiger partial charge in [-0.15, -0.1) is 0 Å². The Morgan fingerprint density at radius 1 is 0.829 bits per heavy atom. The summed E-state index contributed by atoms with van der Waals surface area (Å²) in [5.41, 5.74) is 3.27. The SMILES string of the molecule is COc1ccc(NC(=O)C(=O)N/N=C\c2ccc(OC(=O)c3ccc(Cl)c(Cl)c3)c(OC)c2)cc1. The van der Waals surface area contributed by atoms with E-state index in [1.54, 1.807) is 30.3 Å². The zero-order valence-electron chi connectivity index (χ0n) is 18.5. The minimum atomic E-state index is -0.962. The molecule has 0 saturated carbocycles. The van der Waals surface area contributed by atoms with Crippen LogP contribution in [0.3, 0.4) is 0 Å². The van der Waals surface area contributed by atoms with Crippen LogP contribution in [0.2, 0.25) is 10.0 Å². The Morgan fingerprint density at radius 2 is 1.57 bits per heavy atom. The number of carbonyl (C=O) groups excluding carboxylic acids is 3. The van der Waals surface area contributed by atoms with Crippen LogP contribution in [0.4, 0.5) is 5.69 Å². The van der Waals surface area contributed by atoms with Crippen molar-refractivity contribution in [2.75, 3.05) is 19.5 Å². The summed E-state index contributed by atoms with van der Waals surface area (Å²) < 4.78 is 15.7. The third-order valence-electron chi connectivity index (χ3n) is 4.48. The number of halogens is 2. The molecule has 0 radical (unpaired) electrons. The molecule has 3 aromatic carbocycles.